The molecule has 1 aliphatic carbocycles. The van der Waals surface area contributed by atoms with Gasteiger partial charge in [-0.3, -0.25) is 4.79 Å². The molecule has 0 unspecified atom stereocenters. The van der Waals surface area contributed by atoms with Crippen molar-refractivity contribution in [3.8, 4) is 0 Å². The highest BCUT2D eigenvalue weighted by atomic mass is 16.2. The summed E-state index contributed by atoms with van der Waals surface area (Å²) in [6.45, 7) is 0.738. The molecule has 17 heavy (non-hydrogen) atoms. The third-order valence-corrected chi connectivity index (χ3v) is 3.28. The van der Waals surface area contributed by atoms with Gasteiger partial charge < -0.3 is 10.3 Å². The third kappa shape index (κ3) is 2.33. The Bertz CT molecular complexity index is 540. The van der Waals surface area contributed by atoms with Gasteiger partial charge >= 0.3 is 0 Å². The van der Waals surface area contributed by atoms with Gasteiger partial charge in [-0.05, 0) is 42.3 Å². The van der Waals surface area contributed by atoms with E-state index < -0.39 is 0 Å². The number of fused-ring (bicyclic) bond motifs is 1. The van der Waals surface area contributed by atoms with Crippen molar-refractivity contribution in [2.75, 3.05) is 6.54 Å². The van der Waals surface area contributed by atoms with Crippen LogP contribution < -0.4 is 5.32 Å². The molecule has 0 bridgehead atoms. The highest BCUT2D eigenvalue weighted by Gasteiger charge is 2.28. The van der Waals surface area contributed by atoms with Crippen LogP contribution in [0.5, 0.6) is 0 Å². The highest BCUT2D eigenvalue weighted by molar-refractivity contribution is 5.81. The minimum absolute atomic E-state index is 0.228. The lowest BCUT2D eigenvalue weighted by Gasteiger charge is -2.04. The van der Waals surface area contributed by atoms with Crippen LogP contribution in [0.15, 0.2) is 30.5 Å². The molecule has 0 radical (unpaired) electrons. The zero-order chi connectivity index (χ0) is 11.7. The quantitative estimate of drug-likeness (QED) is 0.828. The monoisotopic (exact) mass is 228 g/mol. The van der Waals surface area contributed by atoms with Crippen LogP contribution in [0.25, 0.3) is 10.9 Å². The molecule has 2 aromatic rings. The lowest BCUT2D eigenvalue weighted by molar-refractivity contribution is -0.122. The second kappa shape index (κ2) is 4.24. The smallest absolute Gasteiger partial charge is 0.223 e. The van der Waals surface area contributed by atoms with Crippen LogP contribution >= 0.6 is 0 Å². The van der Waals surface area contributed by atoms with Crippen LogP contribution in [0.3, 0.4) is 0 Å². The summed E-state index contributed by atoms with van der Waals surface area (Å²) >= 11 is 0. The van der Waals surface area contributed by atoms with E-state index in [9.17, 15) is 4.79 Å². The minimum Gasteiger partial charge on any atom is -0.361 e. The number of aromatic nitrogens is 1. The van der Waals surface area contributed by atoms with Gasteiger partial charge in [0.05, 0.1) is 0 Å². The summed E-state index contributed by atoms with van der Waals surface area (Å²) in [5.41, 5.74) is 2.42. The Morgan fingerprint density at radius 3 is 3.06 bits per heavy atom. The van der Waals surface area contributed by atoms with E-state index in [-0.39, 0.29) is 5.91 Å². The number of carbonyl (C=O) groups is 1. The third-order valence-electron chi connectivity index (χ3n) is 3.28. The molecule has 1 amide bonds. The van der Waals surface area contributed by atoms with E-state index >= 15 is 0 Å². The largest absolute Gasteiger partial charge is 0.361 e. The molecule has 3 heteroatoms. The van der Waals surface area contributed by atoms with Gasteiger partial charge in [0.2, 0.25) is 5.91 Å². The summed E-state index contributed by atoms with van der Waals surface area (Å²) in [5.74, 6) is 0.534. The number of carbonyl (C=O) groups excluding carboxylic acids is 1. The molecule has 0 atom stereocenters. The minimum atomic E-state index is 0.228. The maximum Gasteiger partial charge on any atom is 0.223 e. The molecule has 0 spiro atoms. The van der Waals surface area contributed by atoms with E-state index in [4.69, 9.17) is 0 Å². The van der Waals surface area contributed by atoms with E-state index in [1.807, 2.05) is 6.20 Å². The van der Waals surface area contributed by atoms with Gasteiger partial charge in [0.25, 0.3) is 0 Å². The summed E-state index contributed by atoms with van der Waals surface area (Å²) < 4.78 is 0. The average Bonchev–Trinajstić information content (AvgIpc) is 3.08. The molecular formula is C14H16N2O. The van der Waals surface area contributed by atoms with Crippen molar-refractivity contribution in [1.29, 1.82) is 0 Å². The normalized spacial score (nSPS) is 15.1. The van der Waals surface area contributed by atoms with Gasteiger partial charge in [-0.1, -0.05) is 12.1 Å². The van der Waals surface area contributed by atoms with Crippen molar-refractivity contribution in [3.05, 3.63) is 36.0 Å². The Balaban J connectivity index is 1.58. The SMILES string of the molecule is O=C(NCCc1ccc2cc[nH]c2c1)C1CC1. The maximum absolute atomic E-state index is 11.4. The Labute approximate surface area is 100 Å². The van der Waals surface area contributed by atoms with Crippen LogP contribution in [-0.2, 0) is 11.2 Å². The Morgan fingerprint density at radius 1 is 1.35 bits per heavy atom. The predicted molar refractivity (Wildman–Crippen MR) is 67.7 cm³/mol. The number of aromatic amines is 1. The molecule has 1 saturated carbocycles. The fraction of sp³-hybridized carbons (Fsp3) is 0.357. The number of amides is 1. The summed E-state index contributed by atoms with van der Waals surface area (Å²) in [7, 11) is 0. The average molecular weight is 228 g/mol. The second-order valence-corrected chi connectivity index (χ2v) is 4.71. The zero-order valence-corrected chi connectivity index (χ0v) is 9.70. The van der Waals surface area contributed by atoms with E-state index in [0.29, 0.717) is 5.92 Å². The molecule has 88 valence electrons. The number of benzene rings is 1. The first kappa shape index (κ1) is 10.4. The molecule has 0 aliphatic heterocycles. The van der Waals surface area contributed by atoms with Gasteiger partial charge in [0.15, 0.2) is 0 Å². The summed E-state index contributed by atoms with van der Waals surface area (Å²) in [6.07, 6.45) is 4.98. The number of H-pyrrole nitrogens is 1. The lowest BCUT2D eigenvalue weighted by atomic mass is 10.1. The van der Waals surface area contributed by atoms with Crippen molar-refractivity contribution in [2.45, 2.75) is 19.3 Å². The molecular weight excluding hydrogens is 212 g/mol. The molecule has 0 saturated heterocycles. The number of hydrogen-bond acceptors (Lipinski definition) is 1. The Hall–Kier alpha value is -1.77. The summed E-state index contributed by atoms with van der Waals surface area (Å²) in [5, 5.41) is 4.22. The molecule has 1 aromatic heterocycles. The van der Waals surface area contributed by atoms with E-state index in [1.165, 1.54) is 10.9 Å². The first-order valence-electron chi connectivity index (χ1n) is 6.17. The van der Waals surface area contributed by atoms with Crippen LogP contribution in [0.2, 0.25) is 0 Å². The lowest BCUT2D eigenvalue weighted by Crippen LogP contribution is -2.26. The molecule has 3 nitrogen and oxygen atoms in total. The predicted octanol–water partition coefficient (Wildman–Crippen LogP) is 2.24. The standard InChI is InChI=1S/C14H16N2O/c17-14(12-3-4-12)16-7-5-10-1-2-11-6-8-15-13(11)9-10/h1-2,6,8-9,12,15H,3-5,7H2,(H,16,17). The maximum atomic E-state index is 11.4. The number of nitrogens with one attached hydrogen (secondary N) is 2. The van der Waals surface area contributed by atoms with Gasteiger partial charge in [0.1, 0.15) is 0 Å². The van der Waals surface area contributed by atoms with Crippen LogP contribution in [0.1, 0.15) is 18.4 Å². The van der Waals surface area contributed by atoms with E-state index in [2.05, 4.69) is 34.6 Å². The van der Waals surface area contributed by atoms with Crippen LogP contribution in [0.4, 0.5) is 0 Å². The topological polar surface area (TPSA) is 44.9 Å². The molecule has 1 aliphatic rings. The molecule has 1 fully saturated rings. The Morgan fingerprint density at radius 2 is 2.24 bits per heavy atom. The number of hydrogen-bond donors (Lipinski definition) is 2. The fourth-order valence-corrected chi connectivity index (χ4v) is 2.07. The first-order chi connectivity index (χ1) is 8.33. The summed E-state index contributed by atoms with van der Waals surface area (Å²) in [4.78, 5) is 14.6. The molecule has 2 N–H and O–H groups in total. The van der Waals surface area contributed by atoms with Crippen LogP contribution in [-0.4, -0.2) is 17.4 Å². The van der Waals surface area contributed by atoms with Gasteiger partial charge in [-0.2, -0.15) is 0 Å². The van der Waals surface area contributed by atoms with Gasteiger partial charge in [-0.15, -0.1) is 0 Å². The van der Waals surface area contributed by atoms with E-state index in [1.54, 1.807) is 0 Å². The molecule has 1 aromatic carbocycles. The number of rotatable bonds is 4. The molecule has 3 rings (SSSR count). The Kier molecular flexibility index (Phi) is 2.59. The van der Waals surface area contributed by atoms with E-state index in [0.717, 1.165) is 31.3 Å². The molecule has 1 heterocycles. The van der Waals surface area contributed by atoms with Crippen molar-refractivity contribution in [2.24, 2.45) is 5.92 Å². The highest BCUT2D eigenvalue weighted by Crippen LogP contribution is 2.28. The van der Waals surface area contributed by atoms with Crippen molar-refractivity contribution < 1.29 is 4.79 Å². The fourth-order valence-electron chi connectivity index (χ4n) is 2.07. The van der Waals surface area contributed by atoms with Gasteiger partial charge in [0, 0.05) is 24.2 Å². The van der Waals surface area contributed by atoms with Crippen molar-refractivity contribution in [1.82, 2.24) is 10.3 Å². The van der Waals surface area contributed by atoms with Crippen molar-refractivity contribution in [3.63, 3.8) is 0 Å². The van der Waals surface area contributed by atoms with Gasteiger partial charge in [-0.25, -0.2) is 0 Å². The summed E-state index contributed by atoms with van der Waals surface area (Å²) in [6, 6.07) is 8.45. The van der Waals surface area contributed by atoms with Crippen LogP contribution in [0, 0.1) is 5.92 Å². The van der Waals surface area contributed by atoms with Crippen molar-refractivity contribution >= 4 is 16.8 Å². The first-order valence-corrected chi connectivity index (χ1v) is 6.17. The zero-order valence-electron chi connectivity index (χ0n) is 9.70. The second-order valence-electron chi connectivity index (χ2n) is 4.71.